The first-order chi connectivity index (χ1) is 8.99. The number of carboxylic acids is 1. The van der Waals surface area contributed by atoms with E-state index in [0.717, 1.165) is 18.2 Å². The second-order valence-corrected chi connectivity index (χ2v) is 3.64. The molecule has 0 aliphatic rings. The first kappa shape index (κ1) is 14.5. The van der Waals surface area contributed by atoms with Gasteiger partial charge < -0.3 is 15.3 Å². The van der Waals surface area contributed by atoms with Crippen molar-refractivity contribution >= 4 is 17.7 Å². The van der Waals surface area contributed by atoms with Crippen LogP contribution in [0.15, 0.2) is 18.2 Å². The summed E-state index contributed by atoms with van der Waals surface area (Å²) >= 11 is 0. The number of aromatic carboxylic acids is 1. The average Bonchev–Trinajstić information content (AvgIpc) is 2.35. The molecule has 0 unspecified atom stereocenters. The van der Waals surface area contributed by atoms with Crippen molar-refractivity contribution in [3.8, 4) is 12.3 Å². The summed E-state index contributed by atoms with van der Waals surface area (Å²) in [6.07, 6.45) is 5.11. The first-order valence-corrected chi connectivity index (χ1v) is 5.51. The molecule has 1 aromatic rings. The maximum atomic E-state index is 13.1. The van der Waals surface area contributed by atoms with E-state index >= 15 is 0 Å². The summed E-state index contributed by atoms with van der Waals surface area (Å²) in [4.78, 5) is 24.1. The summed E-state index contributed by atoms with van der Waals surface area (Å²) in [6, 6.07) is 2.47. The van der Waals surface area contributed by atoms with Crippen LogP contribution in [-0.4, -0.2) is 35.1 Å². The van der Waals surface area contributed by atoms with Gasteiger partial charge in [0.05, 0.1) is 17.8 Å². The van der Waals surface area contributed by atoms with E-state index in [1.165, 1.54) is 4.90 Å². The highest BCUT2D eigenvalue weighted by atomic mass is 19.1. The van der Waals surface area contributed by atoms with Gasteiger partial charge in [-0.2, -0.15) is 0 Å². The molecule has 0 atom stereocenters. The number of terminal acetylenes is 1. The predicted octanol–water partition coefficient (Wildman–Crippen LogP) is 2.01. The van der Waals surface area contributed by atoms with E-state index in [4.69, 9.17) is 11.5 Å². The van der Waals surface area contributed by atoms with Crippen molar-refractivity contribution in [1.82, 2.24) is 4.90 Å². The Labute approximate surface area is 110 Å². The lowest BCUT2D eigenvalue weighted by atomic mass is 10.2. The minimum Gasteiger partial charge on any atom is -0.478 e. The minimum atomic E-state index is -1.25. The summed E-state index contributed by atoms with van der Waals surface area (Å²) in [5.41, 5.74) is -0.292. The Balaban J connectivity index is 2.98. The lowest BCUT2D eigenvalue weighted by Gasteiger charge is -2.19. The Kier molecular flexibility index (Phi) is 4.89. The highest BCUT2D eigenvalue weighted by Gasteiger charge is 2.16. The number of nitrogens with one attached hydrogen (secondary N) is 1. The van der Waals surface area contributed by atoms with Crippen molar-refractivity contribution in [3.05, 3.63) is 29.6 Å². The van der Waals surface area contributed by atoms with Crippen LogP contribution in [0.5, 0.6) is 0 Å². The zero-order valence-corrected chi connectivity index (χ0v) is 10.3. The van der Waals surface area contributed by atoms with Gasteiger partial charge in [-0.25, -0.2) is 14.0 Å². The molecule has 0 fully saturated rings. The van der Waals surface area contributed by atoms with Gasteiger partial charge >= 0.3 is 12.0 Å². The van der Waals surface area contributed by atoms with E-state index < -0.39 is 17.8 Å². The summed E-state index contributed by atoms with van der Waals surface area (Å²) in [5.74, 6) is 0.416. The Bertz CT molecular complexity index is 537. The van der Waals surface area contributed by atoms with Gasteiger partial charge in [0.2, 0.25) is 0 Å². The molecule has 0 aromatic heterocycles. The Morgan fingerprint density at radius 3 is 2.74 bits per heavy atom. The lowest BCUT2D eigenvalue weighted by molar-refractivity contribution is 0.0698. The monoisotopic (exact) mass is 264 g/mol. The van der Waals surface area contributed by atoms with Gasteiger partial charge in [-0.1, -0.05) is 5.92 Å². The molecule has 0 saturated carbocycles. The molecule has 0 aliphatic carbocycles. The van der Waals surface area contributed by atoms with Crippen LogP contribution in [0.4, 0.5) is 14.9 Å². The van der Waals surface area contributed by atoms with Crippen LogP contribution in [0, 0.1) is 18.2 Å². The minimum absolute atomic E-state index is 0.0834. The number of anilines is 1. The van der Waals surface area contributed by atoms with E-state index in [9.17, 15) is 14.0 Å². The third-order valence-corrected chi connectivity index (χ3v) is 2.40. The molecule has 2 amide bonds. The van der Waals surface area contributed by atoms with Crippen LogP contribution in [0.25, 0.3) is 0 Å². The number of rotatable bonds is 4. The SMILES string of the molecule is C#CCN(CC)C(=O)Nc1cc(F)ccc1C(=O)O. The zero-order chi connectivity index (χ0) is 14.4. The molecule has 0 saturated heterocycles. The van der Waals surface area contributed by atoms with Crippen LogP contribution < -0.4 is 5.32 Å². The molecule has 0 aliphatic heterocycles. The van der Waals surface area contributed by atoms with Crippen LogP contribution in [-0.2, 0) is 0 Å². The fourth-order valence-electron chi connectivity index (χ4n) is 1.44. The molecular formula is C13H13FN2O3. The van der Waals surface area contributed by atoms with E-state index in [1.54, 1.807) is 6.92 Å². The zero-order valence-electron chi connectivity index (χ0n) is 10.3. The first-order valence-electron chi connectivity index (χ1n) is 5.51. The average molecular weight is 264 g/mol. The number of carboxylic acid groups (broad SMARTS) is 1. The summed E-state index contributed by atoms with van der Waals surface area (Å²) in [6.45, 7) is 2.16. The fourth-order valence-corrected chi connectivity index (χ4v) is 1.44. The van der Waals surface area contributed by atoms with Crippen molar-refractivity contribution in [1.29, 1.82) is 0 Å². The second kappa shape index (κ2) is 6.40. The number of urea groups is 1. The van der Waals surface area contributed by atoms with Crippen molar-refractivity contribution in [2.75, 3.05) is 18.4 Å². The third-order valence-electron chi connectivity index (χ3n) is 2.40. The topological polar surface area (TPSA) is 69.6 Å². The fraction of sp³-hybridized carbons (Fsp3) is 0.231. The molecule has 1 rings (SSSR count). The maximum Gasteiger partial charge on any atom is 0.337 e. The van der Waals surface area contributed by atoms with Crippen molar-refractivity contribution in [2.24, 2.45) is 0 Å². The van der Waals surface area contributed by atoms with E-state index in [2.05, 4.69) is 11.2 Å². The maximum absolute atomic E-state index is 13.1. The van der Waals surface area contributed by atoms with Gasteiger partial charge in [0, 0.05) is 6.54 Å². The molecule has 0 radical (unpaired) electrons. The summed E-state index contributed by atoms with van der Waals surface area (Å²) in [7, 11) is 0. The molecular weight excluding hydrogens is 251 g/mol. The van der Waals surface area contributed by atoms with Crippen LogP contribution in [0.2, 0.25) is 0 Å². The number of benzene rings is 1. The van der Waals surface area contributed by atoms with E-state index in [0.29, 0.717) is 6.54 Å². The highest BCUT2D eigenvalue weighted by Crippen LogP contribution is 2.17. The van der Waals surface area contributed by atoms with Gasteiger partial charge in [-0.3, -0.25) is 0 Å². The van der Waals surface area contributed by atoms with Crippen molar-refractivity contribution in [3.63, 3.8) is 0 Å². The van der Waals surface area contributed by atoms with Crippen LogP contribution >= 0.6 is 0 Å². The number of carbonyl (C=O) groups excluding carboxylic acids is 1. The molecule has 0 spiro atoms. The summed E-state index contributed by atoms with van der Waals surface area (Å²) in [5, 5.41) is 11.3. The van der Waals surface area contributed by atoms with Crippen molar-refractivity contribution < 1.29 is 19.1 Å². The molecule has 1 aromatic carbocycles. The largest absolute Gasteiger partial charge is 0.478 e. The molecule has 5 nitrogen and oxygen atoms in total. The number of nitrogens with zero attached hydrogens (tertiary/aromatic N) is 1. The molecule has 6 heteroatoms. The predicted molar refractivity (Wildman–Crippen MR) is 68.5 cm³/mol. The number of hydrogen-bond donors (Lipinski definition) is 2. The standard InChI is InChI=1S/C13H13FN2O3/c1-3-7-16(4-2)13(19)15-11-8-9(14)5-6-10(11)12(17)18/h1,5-6,8H,4,7H2,2H3,(H,15,19)(H,17,18). The number of hydrogen-bond acceptors (Lipinski definition) is 2. The van der Waals surface area contributed by atoms with Gasteiger partial charge in [-0.15, -0.1) is 6.42 Å². The Morgan fingerprint density at radius 1 is 1.53 bits per heavy atom. The Morgan fingerprint density at radius 2 is 2.21 bits per heavy atom. The van der Waals surface area contributed by atoms with Crippen molar-refractivity contribution in [2.45, 2.75) is 6.92 Å². The van der Waals surface area contributed by atoms with Gasteiger partial charge in [0.15, 0.2) is 0 Å². The quantitative estimate of drug-likeness (QED) is 0.817. The van der Waals surface area contributed by atoms with Gasteiger partial charge in [0.1, 0.15) is 5.82 Å². The summed E-state index contributed by atoms with van der Waals surface area (Å²) < 4.78 is 13.1. The van der Waals surface area contributed by atoms with Crippen LogP contribution in [0.1, 0.15) is 17.3 Å². The van der Waals surface area contributed by atoms with Gasteiger partial charge in [0.25, 0.3) is 0 Å². The number of halogens is 1. The second-order valence-electron chi connectivity index (χ2n) is 3.64. The molecule has 0 heterocycles. The highest BCUT2D eigenvalue weighted by molar-refractivity contribution is 6.00. The van der Waals surface area contributed by atoms with E-state index in [1.807, 2.05) is 0 Å². The van der Waals surface area contributed by atoms with Crippen LogP contribution in [0.3, 0.4) is 0 Å². The molecule has 100 valence electrons. The van der Waals surface area contributed by atoms with Gasteiger partial charge in [-0.05, 0) is 25.1 Å². The Hall–Kier alpha value is -2.55. The normalized spacial score (nSPS) is 9.53. The smallest absolute Gasteiger partial charge is 0.337 e. The number of carbonyl (C=O) groups is 2. The number of amides is 2. The lowest BCUT2D eigenvalue weighted by Crippen LogP contribution is -2.35. The van der Waals surface area contributed by atoms with E-state index in [-0.39, 0.29) is 17.8 Å². The molecule has 0 bridgehead atoms. The molecule has 2 N–H and O–H groups in total. The molecule has 19 heavy (non-hydrogen) atoms. The third kappa shape index (κ3) is 3.71.